The van der Waals surface area contributed by atoms with Crippen LogP contribution in [0.15, 0.2) is 91.0 Å². The van der Waals surface area contributed by atoms with Crippen LogP contribution in [0, 0.1) is 0 Å². The van der Waals surface area contributed by atoms with E-state index in [0.29, 0.717) is 18.7 Å². The van der Waals surface area contributed by atoms with Gasteiger partial charge in [0.05, 0.1) is 0 Å². The first-order valence-electron chi connectivity index (χ1n) is 13.7. The Balaban J connectivity index is 1.44. The fourth-order valence-electron chi connectivity index (χ4n) is 4.55. The molecular formula is C33H37N3O5. The largest absolute Gasteiger partial charge is 0.507 e. The first-order chi connectivity index (χ1) is 19.6. The quantitative estimate of drug-likeness (QED) is 0.226. The number of aliphatic hydroxyl groups is 1. The van der Waals surface area contributed by atoms with Crippen LogP contribution in [0.4, 0.5) is 10.5 Å². The molecule has 8 heteroatoms. The van der Waals surface area contributed by atoms with Gasteiger partial charge in [-0.2, -0.15) is 0 Å². The highest BCUT2D eigenvalue weighted by Gasteiger charge is 2.29. The van der Waals surface area contributed by atoms with Crippen LogP contribution < -0.4 is 4.90 Å². The SMILES string of the molecule is CC(C)(C)OC(=O)N1CCN(C(=O)C(=O)/C=C(\O)c2cccc(N(Cc3ccccc3)Cc3ccccc3)c2)CC1. The van der Waals surface area contributed by atoms with E-state index < -0.39 is 23.4 Å². The van der Waals surface area contributed by atoms with Crippen molar-refractivity contribution in [1.82, 2.24) is 9.80 Å². The van der Waals surface area contributed by atoms with Gasteiger partial charge in [0.1, 0.15) is 11.4 Å². The summed E-state index contributed by atoms with van der Waals surface area (Å²) in [5.74, 6) is -1.81. The molecule has 0 atom stereocenters. The molecule has 0 radical (unpaired) electrons. The van der Waals surface area contributed by atoms with E-state index >= 15 is 0 Å². The summed E-state index contributed by atoms with van der Waals surface area (Å²) >= 11 is 0. The summed E-state index contributed by atoms with van der Waals surface area (Å²) in [4.78, 5) is 43.0. The van der Waals surface area contributed by atoms with E-state index in [2.05, 4.69) is 29.2 Å². The van der Waals surface area contributed by atoms with Gasteiger partial charge >= 0.3 is 6.09 Å². The fourth-order valence-corrected chi connectivity index (χ4v) is 4.55. The number of hydrogen-bond acceptors (Lipinski definition) is 6. The third-order valence-corrected chi connectivity index (χ3v) is 6.64. The molecule has 0 spiro atoms. The standard InChI is InChI=1S/C33H37N3O5/c1-33(2,3)41-32(40)35-19-17-34(18-20-35)31(39)30(38)22-29(37)27-15-10-16-28(21-27)36(23-25-11-6-4-7-12-25)24-26-13-8-5-9-14-26/h4-16,21-22,37H,17-20,23-24H2,1-3H3/b29-22-. The first-order valence-corrected chi connectivity index (χ1v) is 13.7. The van der Waals surface area contributed by atoms with E-state index in [4.69, 9.17) is 4.74 Å². The Hall–Kier alpha value is -4.59. The van der Waals surface area contributed by atoms with E-state index in [-0.39, 0.29) is 31.9 Å². The highest BCUT2D eigenvalue weighted by atomic mass is 16.6. The highest BCUT2D eigenvalue weighted by molar-refractivity contribution is 6.41. The van der Waals surface area contributed by atoms with Crippen LogP contribution in [0.2, 0.25) is 0 Å². The van der Waals surface area contributed by atoms with Gasteiger partial charge in [0, 0.05) is 56.6 Å². The second-order valence-electron chi connectivity index (χ2n) is 11.0. The van der Waals surface area contributed by atoms with Gasteiger partial charge in [-0.15, -0.1) is 0 Å². The van der Waals surface area contributed by atoms with Crippen LogP contribution in [0.25, 0.3) is 5.76 Å². The topological polar surface area (TPSA) is 90.4 Å². The van der Waals surface area contributed by atoms with Crippen LogP contribution in [0.1, 0.15) is 37.5 Å². The van der Waals surface area contributed by atoms with Crippen LogP contribution in [-0.2, 0) is 27.4 Å². The molecule has 214 valence electrons. The number of benzene rings is 3. The third kappa shape index (κ3) is 8.45. The van der Waals surface area contributed by atoms with Crippen molar-refractivity contribution in [1.29, 1.82) is 0 Å². The van der Waals surface area contributed by atoms with Crippen molar-refractivity contribution < 1.29 is 24.2 Å². The molecule has 41 heavy (non-hydrogen) atoms. The summed E-state index contributed by atoms with van der Waals surface area (Å²) in [6.07, 6.45) is 0.530. The van der Waals surface area contributed by atoms with Crippen LogP contribution in [-0.4, -0.2) is 64.5 Å². The zero-order chi connectivity index (χ0) is 29.4. The Morgan fingerprint density at radius 2 is 1.34 bits per heavy atom. The lowest BCUT2D eigenvalue weighted by Gasteiger charge is -2.35. The maximum Gasteiger partial charge on any atom is 0.410 e. The minimum absolute atomic E-state index is 0.210. The van der Waals surface area contributed by atoms with E-state index in [0.717, 1.165) is 22.9 Å². The smallest absolute Gasteiger partial charge is 0.410 e. The summed E-state index contributed by atoms with van der Waals surface area (Å²) in [5, 5.41) is 10.8. The molecule has 1 aliphatic heterocycles. The zero-order valence-corrected chi connectivity index (χ0v) is 23.8. The third-order valence-electron chi connectivity index (χ3n) is 6.64. The Labute approximate surface area is 241 Å². The van der Waals surface area contributed by atoms with Crippen molar-refractivity contribution in [3.05, 3.63) is 108 Å². The number of ether oxygens (including phenoxy) is 1. The lowest BCUT2D eigenvalue weighted by Crippen LogP contribution is -2.52. The molecule has 8 nitrogen and oxygen atoms in total. The Kier molecular flexibility index (Phi) is 9.45. The van der Waals surface area contributed by atoms with Gasteiger partial charge in [0.25, 0.3) is 5.91 Å². The van der Waals surface area contributed by atoms with Crippen LogP contribution in [0.5, 0.6) is 0 Å². The van der Waals surface area contributed by atoms with Crippen molar-refractivity contribution in [2.24, 2.45) is 0 Å². The number of nitrogens with zero attached hydrogens (tertiary/aromatic N) is 3. The van der Waals surface area contributed by atoms with Crippen LogP contribution in [0.3, 0.4) is 0 Å². The van der Waals surface area contributed by atoms with Gasteiger partial charge in [-0.3, -0.25) is 9.59 Å². The minimum atomic E-state index is -0.816. The fraction of sp³-hybridized carbons (Fsp3) is 0.303. The average molecular weight is 556 g/mol. The average Bonchev–Trinajstić information content (AvgIpc) is 2.97. The number of amides is 2. The van der Waals surface area contributed by atoms with Crippen molar-refractivity contribution >= 4 is 29.2 Å². The van der Waals surface area contributed by atoms with Gasteiger partial charge < -0.3 is 24.5 Å². The summed E-state index contributed by atoms with van der Waals surface area (Å²) in [5.41, 5.74) is 2.97. The molecule has 0 aliphatic carbocycles. The molecular weight excluding hydrogens is 518 g/mol. The molecule has 0 bridgehead atoms. The summed E-state index contributed by atoms with van der Waals surface area (Å²) in [7, 11) is 0. The molecule has 2 amide bonds. The molecule has 0 aromatic heterocycles. The predicted molar refractivity (Wildman–Crippen MR) is 159 cm³/mol. The predicted octanol–water partition coefficient (Wildman–Crippen LogP) is 5.44. The lowest BCUT2D eigenvalue weighted by molar-refractivity contribution is -0.143. The number of carbonyl (C=O) groups is 3. The number of hydrogen-bond donors (Lipinski definition) is 1. The zero-order valence-electron chi connectivity index (χ0n) is 23.8. The van der Waals surface area contributed by atoms with Crippen molar-refractivity contribution in [2.75, 3.05) is 31.1 Å². The molecule has 3 aromatic rings. The second-order valence-corrected chi connectivity index (χ2v) is 11.0. The van der Waals surface area contributed by atoms with E-state index in [1.165, 1.54) is 9.80 Å². The minimum Gasteiger partial charge on any atom is -0.507 e. The molecule has 0 unspecified atom stereocenters. The Morgan fingerprint density at radius 1 is 0.805 bits per heavy atom. The Morgan fingerprint density at radius 3 is 1.88 bits per heavy atom. The maximum atomic E-state index is 12.8. The van der Waals surface area contributed by atoms with Crippen LogP contribution >= 0.6 is 0 Å². The van der Waals surface area contributed by atoms with Gasteiger partial charge in [0.15, 0.2) is 0 Å². The molecule has 1 aliphatic rings. The van der Waals surface area contributed by atoms with E-state index in [1.807, 2.05) is 54.6 Å². The van der Waals surface area contributed by atoms with Gasteiger partial charge in [-0.05, 0) is 44.0 Å². The number of rotatable bonds is 8. The second kappa shape index (κ2) is 13.2. The van der Waals surface area contributed by atoms with Gasteiger partial charge in [-0.1, -0.05) is 72.8 Å². The van der Waals surface area contributed by atoms with Crippen molar-refractivity contribution in [2.45, 2.75) is 39.5 Å². The number of aliphatic hydroxyl groups excluding tert-OH is 1. The van der Waals surface area contributed by atoms with E-state index in [9.17, 15) is 19.5 Å². The highest BCUT2D eigenvalue weighted by Crippen LogP contribution is 2.24. The summed E-state index contributed by atoms with van der Waals surface area (Å²) in [6, 6.07) is 27.5. The Bertz CT molecular complexity index is 1330. The molecule has 1 saturated heterocycles. The normalized spacial score (nSPS) is 14.0. The molecule has 0 saturated carbocycles. The maximum absolute atomic E-state index is 12.8. The van der Waals surface area contributed by atoms with Gasteiger partial charge in [0.2, 0.25) is 5.78 Å². The summed E-state index contributed by atoms with van der Waals surface area (Å²) in [6.45, 7) is 7.64. The van der Waals surface area contributed by atoms with Gasteiger partial charge in [-0.25, -0.2) is 4.79 Å². The molecule has 1 fully saturated rings. The first kappa shape index (κ1) is 29.4. The van der Waals surface area contributed by atoms with E-state index in [1.54, 1.807) is 26.8 Å². The number of ketones is 1. The van der Waals surface area contributed by atoms with Crippen molar-refractivity contribution in [3.63, 3.8) is 0 Å². The number of anilines is 1. The van der Waals surface area contributed by atoms with Crippen molar-refractivity contribution in [3.8, 4) is 0 Å². The molecule has 4 rings (SSSR count). The number of piperazine rings is 1. The summed E-state index contributed by atoms with van der Waals surface area (Å²) < 4.78 is 5.39. The molecule has 1 N–H and O–H groups in total. The monoisotopic (exact) mass is 555 g/mol. The molecule has 1 heterocycles. The number of carbonyl (C=O) groups excluding carboxylic acids is 3. The molecule has 3 aromatic carbocycles. The lowest BCUT2D eigenvalue weighted by atomic mass is 10.1.